The van der Waals surface area contributed by atoms with Gasteiger partial charge in [-0.1, -0.05) is 60.8 Å². The number of nitrogens with zero attached hydrogens (tertiary/aromatic N) is 4. The van der Waals surface area contributed by atoms with E-state index in [0.29, 0.717) is 16.8 Å². The van der Waals surface area contributed by atoms with Crippen molar-refractivity contribution in [3.8, 4) is 5.69 Å². The topological polar surface area (TPSA) is 72.7 Å². The van der Waals surface area contributed by atoms with Gasteiger partial charge in [-0.05, 0) is 37.1 Å². The van der Waals surface area contributed by atoms with Gasteiger partial charge in [-0.3, -0.25) is 4.79 Å². The Morgan fingerprint density at radius 3 is 2.69 bits per heavy atom. The first-order chi connectivity index (χ1) is 14.2. The fraction of sp³-hybridized carbons (Fsp3) is 0.333. The first-order valence-corrected chi connectivity index (χ1v) is 11.1. The van der Waals surface area contributed by atoms with E-state index in [1.54, 1.807) is 18.3 Å². The molecule has 2 heterocycles. The summed E-state index contributed by atoms with van der Waals surface area (Å²) >= 11 is 7.33. The molecule has 6 nitrogen and oxygen atoms in total. The number of pyridine rings is 1. The molecule has 2 aromatic heterocycles. The predicted molar refractivity (Wildman–Crippen MR) is 116 cm³/mol. The number of hydrogen-bond acceptors (Lipinski definition) is 5. The number of carbonyl (C=O) groups excluding carboxylic acids is 1. The van der Waals surface area contributed by atoms with E-state index >= 15 is 0 Å². The Balaban J connectivity index is 1.49. The molecule has 0 saturated heterocycles. The van der Waals surface area contributed by atoms with Crippen LogP contribution in [0.2, 0.25) is 5.15 Å². The molecule has 3 aromatic rings. The van der Waals surface area contributed by atoms with Gasteiger partial charge in [0.2, 0.25) is 11.1 Å². The second-order valence-corrected chi connectivity index (χ2v) is 8.31. The molecule has 1 saturated carbocycles. The molecule has 0 atom stereocenters. The number of nitrogens with one attached hydrogen (secondary N) is 1. The zero-order valence-corrected chi connectivity index (χ0v) is 17.5. The molecule has 1 fully saturated rings. The number of hydrogen-bond donors (Lipinski definition) is 1. The zero-order valence-electron chi connectivity index (χ0n) is 15.9. The number of rotatable bonds is 6. The molecule has 0 aliphatic heterocycles. The zero-order chi connectivity index (χ0) is 20.1. The second kappa shape index (κ2) is 9.41. The van der Waals surface area contributed by atoms with E-state index in [9.17, 15) is 4.79 Å². The normalized spacial score (nSPS) is 14.7. The standard InChI is InChI=1S/C21H22ClN5OS/c22-19-17(12-7-13-23-19)24-18(28)14-29-21-25-20(15-8-3-1-4-9-15)27(26-21)16-10-5-2-6-11-16/h2,5-7,10-13,15H,1,3-4,8-9,14H2,(H,24,28). The van der Waals surface area contributed by atoms with Crippen molar-refractivity contribution in [3.05, 3.63) is 59.6 Å². The fourth-order valence-electron chi connectivity index (χ4n) is 3.55. The van der Waals surface area contributed by atoms with Crippen molar-refractivity contribution < 1.29 is 4.79 Å². The molecule has 4 rings (SSSR count). The van der Waals surface area contributed by atoms with Crippen LogP contribution < -0.4 is 5.32 Å². The Labute approximate surface area is 179 Å². The summed E-state index contributed by atoms with van der Waals surface area (Å²) in [4.78, 5) is 21.1. The average molecular weight is 428 g/mol. The van der Waals surface area contributed by atoms with Gasteiger partial charge >= 0.3 is 0 Å². The summed E-state index contributed by atoms with van der Waals surface area (Å²) in [6.45, 7) is 0. The van der Waals surface area contributed by atoms with E-state index in [0.717, 1.165) is 24.4 Å². The van der Waals surface area contributed by atoms with Gasteiger partial charge in [0.1, 0.15) is 5.82 Å². The molecule has 0 radical (unpaired) electrons. The first-order valence-electron chi connectivity index (χ1n) is 9.76. The summed E-state index contributed by atoms with van der Waals surface area (Å²) in [6, 6.07) is 13.5. The second-order valence-electron chi connectivity index (χ2n) is 7.01. The lowest BCUT2D eigenvalue weighted by molar-refractivity contribution is -0.113. The number of para-hydroxylation sites is 1. The highest BCUT2D eigenvalue weighted by Crippen LogP contribution is 2.33. The summed E-state index contributed by atoms with van der Waals surface area (Å²) < 4.78 is 1.94. The number of benzene rings is 1. The highest BCUT2D eigenvalue weighted by Gasteiger charge is 2.23. The maximum absolute atomic E-state index is 12.3. The molecule has 1 aliphatic carbocycles. The molecular weight excluding hydrogens is 406 g/mol. The van der Waals surface area contributed by atoms with Gasteiger partial charge in [0.15, 0.2) is 5.15 Å². The monoisotopic (exact) mass is 427 g/mol. The summed E-state index contributed by atoms with van der Waals surface area (Å²) in [5.41, 5.74) is 1.50. The van der Waals surface area contributed by atoms with Crippen LogP contribution in [0.15, 0.2) is 53.8 Å². The Kier molecular flexibility index (Phi) is 6.46. The molecule has 0 bridgehead atoms. The van der Waals surface area contributed by atoms with E-state index in [2.05, 4.69) is 10.3 Å². The maximum Gasteiger partial charge on any atom is 0.234 e. The van der Waals surface area contributed by atoms with Crippen molar-refractivity contribution in [1.82, 2.24) is 19.7 Å². The van der Waals surface area contributed by atoms with Gasteiger partial charge in [-0.2, -0.15) is 0 Å². The lowest BCUT2D eigenvalue weighted by Crippen LogP contribution is -2.14. The number of amides is 1. The molecule has 150 valence electrons. The minimum absolute atomic E-state index is 0.167. The summed E-state index contributed by atoms with van der Waals surface area (Å²) in [7, 11) is 0. The van der Waals surface area contributed by atoms with Crippen LogP contribution in [0.25, 0.3) is 5.69 Å². The lowest BCUT2D eigenvalue weighted by atomic mass is 9.88. The molecule has 0 spiro atoms. The van der Waals surface area contributed by atoms with Crippen molar-refractivity contribution in [2.24, 2.45) is 0 Å². The smallest absolute Gasteiger partial charge is 0.234 e. The summed E-state index contributed by atoms with van der Waals surface area (Å²) in [5.74, 6) is 1.44. The van der Waals surface area contributed by atoms with Crippen molar-refractivity contribution in [2.75, 3.05) is 11.1 Å². The largest absolute Gasteiger partial charge is 0.323 e. The minimum atomic E-state index is -0.167. The fourth-order valence-corrected chi connectivity index (χ4v) is 4.34. The molecule has 29 heavy (non-hydrogen) atoms. The molecule has 8 heteroatoms. The number of halogens is 1. The Bertz CT molecular complexity index is 972. The van der Waals surface area contributed by atoms with Gasteiger partial charge in [0.25, 0.3) is 0 Å². The van der Waals surface area contributed by atoms with Crippen LogP contribution >= 0.6 is 23.4 Å². The molecular formula is C21H22ClN5OS. The van der Waals surface area contributed by atoms with Crippen molar-refractivity contribution in [3.63, 3.8) is 0 Å². The quantitative estimate of drug-likeness (QED) is 0.438. The third-order valence-corrected chi connectivity index (χ3v) is 6.09. The van der Waals surface area contributed by atoms with Gasteiger partial charge in [0.05, 0.1) is 17.1 Å². The van der Waals surface area contributed by atoms with Crippen LogP contribution in [0.3, 0.4) is 0 Å². The Hall–Kier alpha value is -2.38. The van der Waals surface area contributed by atoms with Crippen LogP contribution in [0.4, 0.5) is 5.69 Å². The van der Waals surface area contributed by atoms with Crippen molar-refractivity contribution >= 4 is 35.0 Å². The van der Waals surface area contributed by atoms with E-state index in [1.807, 2.05) is 35.0 Å². The molecule has 1 aliphatic rings. The van der Waals surface area contributed by atoms with E-state index in [1.165, 1.54) is 31.0 Å². The van der Waals surface area contributed by atoms with E-state index in [4.69, 9.17) is 21.7 Å². The molecule has 1 N–H and O–H groups in total. The number of anilines is 1. The SMILES string of the molecule is O=C(CSc1nc(C2CCCCC2)n(-c2ccccc2)n1)Nc1cccnc1Cl. The number of thioether (sulfide) groups is 1. The van der Waals surface area contributed by atoms with Gasteiger partial charge in [0, 0.05) is 12.1 Å². The van der Waals surface area contributed by atoms with Gasteiger partial charge in [-0.15, -0.1) is 5.10 Å². The molecule has 1 amide bonds. The van der Waals surface area contributed by atoms with Crippen LogP contribution in [-0.4, -0.2) is 31.4 Å². The third kappa shape index (κ3) is 4.97. The molecule has 0 unspecified atom stereocenters. The van der Waals surface area contributed by atoms with Crippen LogP contribution in [0, 0.1) is 0 Å². The summed E-state index contributed by atoms with van der Waals surface area (Å²) in [5, 5.41) is 8.37. The molecule has 1 aromatic carbocycles. The summed E-state index contributed by atoms with van der Waals surface area (Å²) in [6.07, 6.45) is 7.59. The van der Waals surface area contributed by atoms with Crippen LogP contribution in [-0.2, 0) is 4.79 Å². The lowest BCUT2D eigenvalue weighted by Gasteiger charge is -2.21. The van der Waals surface area contributed by atoms with Gasteiger partial charge < -0.3 is 5.32 Å². The minimum Gasteiger partial charge on any atom is -0.323 e. The first kappa shape index (κ1) is 19.9. The van der Waals surface area contributed by atoms with Crippen molar-refractivity contribution in [1.29, 1.82) is 0 Å². The number of aromatic nitrogens is 4. The van der Waals surface area contributed by atoms with Gasteiger partial charge in [-0.25, -0.2) is 14.6 Å². The number of carbonyl (C=O) groups is 1. The Morgan fingerprint density at radius 1 is 1.14 bits per heavy atom. The van der Waals surface area contributed by atoms with Crippen LogP contribution in [0.1, 0.15) is 43.8 Å². The van der Waals surface area contributed by atoms with E-state index in [-0.39, 0.29) is 16.8 Å². The van der Waals surface area contributed by atoms with E-state index < -0.39 is 0 Å². The van der Waals surface area contributed by atoms with Crippen LogP contribution in [0.5, 0.6) is 0 Å². The maximum atomic E-state index is 12.3. The Morgan fingerprint density at radius 2 is 1.93 bits per heavy atom. The highest BCUT2D eigenvalue weighted by molar-refractivity contribution is 7.99. The van der Waals surface area contributed by atoms with Crippen molar-refractivity contribution in [2.45, 2.75) is 43.2 Å². The predicted octanol–water partition coefficient (Wildman–Crippen LogP) is 5.09. The highest BCUT2D eigenvalue weighted by atomic mass is 35.5. The average Bonchev–Trinajstić information content (AvgIpc) is 3.20. The third-order valence-electron chi connectivity index (χ3n) is 4.95.